The fourth-order valence-corrected chi connectivity index (χ4v) is 4.28. The Kier molecular flexibility index (Phi) is 2.54. The largest absolute Gasteiger partial charge is 0.462 e. The molecule has 1 saturated carbocycles. The van der Waals surface area contributed by atoms with Crippen LogP contribution in [0.1, 0.15) is 38.0 Å². The first-order chi connectivity index (χ1) is 8.10. The van der Waals surface area contributed by atoms with Crippen LogP contribution in [0.25, 0.3) is 0 Å². The first-order valence-corrected chi connectivity index (χ1v) is 7.23. The highest BCUT2D eigenvalue weighted by Gasteiger charge is 2.49. The number of thiophene rings is 1. The van der Waals surface area contributed by atoms with Crippen LogP contribution in [-0.4, -0.2) is 12.1 Å². The highest BCUT2D eigenvalue weighted by molar-refractivity contribution is 7.10. The van der Waals surface area contributed by atoms with Gasteiger partial charge in [0.15, 0.2) is 0 Å². The number of rotatable bonds is 1. The summed E-state index contributed by atoms with van der Waals surface area (Å²) in [5.41, 5.74) is 0.208. The summed E-state index contributed by atoms with van der Waals surface area (Å²) < 4.78 is 5.54. The van der Waals surface area contributed by atoms with Crippen LogP contribution < -0.4 is 0 Å². The summed E-state index contributed by atoms with van der Waals surface area (Å²) in [6.07, 6.45) is 3.44. The Hall–Kier alpha value is -0.830. The molecule has 0 radical (unpaired) electrons. The van der Waals surface area contributed by atoms with E-state index in [0.29, 0.717) is 5.92 Å². The summed E-state index contributed by atoms with van der Waals surface area (Å²) in [7, 11) is 0. The van der Waals surface area contributed by atoms with Crippen LogP contribution in [0, 0.1) is 11.8 Å². The topological polar surface area (TPSA) is 26.3 Å². The van der Waals surface area contributed by atoms with Crippen molar-refractivity contribution in [1.82, 2.24) is 0 Å². The molecule has 92 valence electrons. The van der Waals surface area contributed by atoms with Gasteiger partial charge in [0, 0.05) is 16.2 Å². The van der Waals surface area contributed by atoms with Crippen molar-refractivity contribution >= 4 is 17.3 Å². The number of fused-ring (bicyclic) bond motifs is 1. The van der Waals surface area contributed by atoms with E-state index in [-0.39, 0.29) is 23.4 Å². The predicted molar refractivity (Wildman–Crippen MR) is 68.1 cm³/mol. The van der Waals surface area contributed by atoms with E-state index in [2.05, 4.69) is 24.4 Å². The molecule has 2 aliphatic rings. The van der Waals surface area contributed by atoms with Gasteiger partial charge in [-0.15, -0.1) is 11.3 Å². The number of carbonyl (C=O) groups excluding carboxylic acids is 1. The molecule has 2 nitrogen and oxygen atoms in total. The van der Waals surface area contributed by atoms with E-state index in [0.717, 1.165) is 12.8 Å². The number of esters is 1. The van der Waals surface area contributed by atoms with Gasteiger partial charge < -0.3 is 4.74 Å². The van der Waals surface area contributed by atoms with E-state index in [1.165, 1.54) is 11.3 Å². The minimum atomic E-state index is 0.00966. The molecule has 4 atom stereocenters. The molecule has 1 aliphatic carbocycles. The second kappa shape index (κ2) is 3.84. The zero-order chi connectivity index (χ0) is 12.0. The molecule has 3 rings (SSSR count). The van der Waals surface area contributed by atoms with Crippen LogP contribution >= 0.6 is 11.3 Å². The number of ether oxygens (including phenoxy) is 1. The van der Waals surface area contributed by atoms with Crippen molar-refractivity contribution < 1.29 is 9.53 Å². The van der Waals surface area contributed by atoms with Crippen molar-refractivity contribution in [1.29, 1.82) is 0 Å². The standard InChI is InChI=1S/C14H18O2S/c1-9-10-5-6-14(2,12-4-3-7-17-12)8-11(10)16-13(9)15/h3-4,7,9-11H,5-6,8H2,1-2H3/t9-,10?,11?,14?/m0/s1. The summed E-state index contributed by atoms with van der Waals surface area (Å²) in [4.78, 5) is 13.1. The van der Waals surface area contributed by atoms with E-state index in [9.17, 15) is 4.79 Å². The molecule has 0 N–H and O–H groups in total. The fraction of sp³-hybridized carbons (Fsp3) is 0.643. The van der Waals surface area contributed by atoms with E-state index in [1.54, 1.807) is 0 Å². The zero-order valence-electron chi connectivity index (χ0n) is 10.3. The molecule has 1 aromatic rings. The molecular formula is C14H18O2S. The lowest BCUT2D eigenvalue weighted by Gasteiger charge is -2.38. The lowest BCUT2D eigenvalue weighted by molar-refractivity contribution is -0.144. The van der Waals surface area contributed by atoms with Gasteiger partial charge in [-0.1, -0.05) is 19.9 Å². The molecule has 3 unspecified atom stereocenters. The summed E-state index contributed by atoms with van der Waals surface area (Å²) in [5, 5.41) is 2.13. The highest BCUT2D eigenvalue weighted by Crippen LogP contribution is 2.48. The molecule has 0 amide bonds. The van der Waals surface area contributed by atoms with Crippen LogP contribution in [0.15, 0.2) is 17.5 Å². The highest BCUT2D eigenvalue weighted by atomic mass is 32.1. The van der Waals surface area contributed by atoms with Gasteiger partial charge in [0.25, 0.3) is 0 Å². The van der Waals surface area contributed by atoms with Crippen LogP contribution in [0.3, 0.4) is 0 Å². The molecule has 0 bridgehead atoms. The first-order valence-electron chi connectivity index (χ1n) is 6.35. The Balaban J connectivity index is 1.83. The summed E-state index contributed by atoms with van der Waals surface area (Å²) in [6.45, 7) is 4.33. The third-order valence-corrected chi connectivity index (χ3v) is 5.73. The quantitative estimate of drug-likeness (QED) is 0.714. The predicted octanol–water partition coefficient (Wildman–Crippen LogP) is 3.37. The second-order valence-electron chi connectivity index (χ2n) is 5.71. The smallest absolute Gasteiger partial charge is 0.309 e. The van der Waals surface area contributed by atoms with Crippen molar-refractivity contribution in [2.24, 2.45) is 11.8 Å². The molecule has 1 saturated heterocycles. The van der Waals surface area contributed by atoms with Gasteiger partial charge in [-0.05, 0) is 30.7 Å². The normalized spacial score (nSPS) is 41.1. The molecule has 0 aromatic carbocycles. The first kappa shape index (κ1) is 11.3. The molecule has 3 heteroatoms. The lowest BCUT2D eigenvalue weighted by Crippen LogP contribution is -2.37. The van der Waals surface area contributed by atoms with E-state index in [1.807, 2.05) is 18.3 Å². The molecule has 2 fully saturated rings. The third-order valence-electron chi connectivity index (χ3n) is 4.56. The van der Waals surface area contributed by atoms with Crippen LogP contribution in [0.5, 0.6) is 0 Å². The Labute approximate surface area is 106 Å². The van der Waals surface area contributed by atoms with E-state index in [4.69, 9.17) is 4.74 Å². The van der Waals surface area contributed by atoms with Crippen molar-refractivity contribution in [3.8, 4) is 0 Å². The van der Waals surface area contributed by atoms with Gasteiger partial charge in [0.2, 0.25) is 0 Å². The molecule has 0 spiro atoms. The number of carbonyl (C=O) groups is 1. The molecular weight excluding hydrogens is 232 g/mol. The second-order valence-corrected chi connectivity index (χ2v) is 6.66. The van der Waals surface area contributed by atoms with E-state index < -0.39 is 0 Å². The maximum Gasteiger partial charge on any atom is 0.309 e. The Bertz CT molecular complexity index is 425. The average Bonchev–Trinajstić information content (AvgIpc) is 2.89. The van der Waals surface area contributed by atoms with Gasteiger partial charge in [0.05, 0.1) is 5.92 Å². The van der Waals surface area contributed by atoms with Gasteiger partial charge in [-0.25, -0.2) is 0 Å². The fourth-order valence-electron chi connectivity index (χ4n) is 3.35. The monoisotopic (exact) mass is 250 g/mol. The summed E-state index contributed by atoms with van der Waals surface area (Å²) >= 11 is 1.82. The van der Waals surface area contributed by atoms with Gasteiger partial charge in [0.1, 0.15) is 6.10 Å². The maximum absolute atomic E-state index is 11.6. The van der Waals surface area contributed by atoms with Crippen LogP contribution in [0.2, 0.25) is 0 Å². The Morgan fingerprint density at radius 1 is 1.53 bits per heavy atom. The van der Waals surface area contributed by atoms with E-state index >= 15 is 0 Å². The minimum Gasteiger partial charge on any atom is -0.462 e. The van der Waals surface area contributed by atoms with Crippen molar-refractivity contribution in [2.45, 2.75) is 44.6 Å². The Morgan fingerprint density at radius 2 is 2.35 bits per heavy atom. The average molecular weight is 250 g/mol. The van der Waals surface area contributed by atoms with Gasteiger partial charge >= 0.3 is 5.97 Å². The van der Waals surface area contributed by atoms with Gasteiger partial charge in [-0.2, -0.15) is 0 Å². The summed E-state index contributed by atoms with van der Waals surface area (Å²) in [5.74, 6) is 0.568. The molecule has 1 aliphatic heterocycles. The third kappa shape index (κ3) is 1.71. The van der Waals surface area contributed by atoms with Crippen molar-refractivity contribution in [3.05, 3.63) is 22.4 Å². The maximum atomic E-state index is 11.6. The summed E-state index contributed by atoms with van der Waals surface area (Å²) in [6, 6.07) is 4.33. The van der Waals surface area contributed by atoms with Gasteiger partial charge in [-0.3, -0.25) is 4.79 Å². The zero-order valence-corrected chi connectivity index (χ0v) is 11.1. The van der Waals surface area contributed by atoms with Crippen LogP contribution in [0.4, 0.5) is 0 Å². The molecule has 1 aromatic heterocycles. The number of hydrogen-bond donors (Lipinski definition) is 0. The minimum absolute atomic E-state index is 0.00966. The SMILES string of the molecule is C[C@@H]1C(=O)OC2CC(C)(c3cccs3)CCC21. The molecule has 2 heterocycles. The molecule has 17 heavy (non-hydrogen) atoms. The number of hydrogen-bond acceptors (Lipinski definition) is 3. The van der Waals surface area contributed by atoms with Crippen LogP contribution in [-0.2, 0) is 14.9 Å². The lowest BCUT2D eigenvalue weighted by atomic mass is 9.67. The Morgan fingerprint density at radius 3 is 3.06 bits per heavy atom. The van der Waals surface area contributed by atoms with Crippen molar-refractivity contribution in [2.75, 3.05) is 0 Å². The van der Waals surface area contributed by atoms with Crippen molar-refractivity contribution in [3.63, 3.8) is 0 Å².